The van der Waals surface area contributed by atoms with Gasteiger partial charge in [0, 0.05) is 5.56 Å². The summed E-state index contributed by atoms with van der Waals surface area (Å²) < 4.78 is 5.61. The van der Waals surface area contributed by atoms with Crippen molar-refractivity contribution >= 4 is 11.6 Å². The van der Waals surface area contributed by atoms with Crippen LogP contribution in [0.15, 0.2) is 28.7 Å². The Hall–Kier alpha value is -1.35. The maximum absolute atomic E-state index is 5.94. The Morgan fingerprint density at radius 2 is 1.83 bits per heavy atom. The fourth-order valence-corrected chi connectivity index (χ4v) is 1.92. The highest BCUT2D eigenvalue weighted by molar-refractivity contribution is 6.20. The van der Waals surface area contributed by atoms with Gasteiger partial charge in [-0.1, -0.05) is 39.0 Å². The van der Waals surface area contributed by atoms with Gasteiger partial charge in [-0.15, -0.1) is 21.8 Å². The molecule has 1 aromatic carbocycles. The molecular weight excluding hydrogens is 248 g/mol. The molecule has 1 atom stereocenters. The first-order valence-electron chi connectivity index (χ1n) is 5.97. The summed E-state index contributed by atoms with van der Waals surface area (Å²) in [5, 5.41) is 7.78. The van der Waals surface area contributed by atoms with Gasteiger partial charge in [0.2, 0.25) is 11.8 Å². The van der Waals surface area contributed by atoms with Gasteiger partial charge in [-0.3, -0.25) is 0 Å². The Kier molecular flexibility index (Phi) is 3.44. The van der Waals surface area contributed by atoms with Crippen LogP contribution in [0.1, 0.15) is 44.5 Å². The monoisotopic (exact) mass is 264 g/mol. The van der Waals surface area contributed by atoms with Crippen LogP contribution in [0, 0.1) is 0 Å². The first kappa shape index (κ1) is 13.1. The molecule has 4 heteroatoms. The summed E-state index contributed by atoms with van der Waals surface area (Å²) in [6.45, 7) is 8.29. The first-order chi connectivity index (χ1) is 8.39. The minimum absolute atomic E-state index is 0.0256. The first-order valence-corrected chi connectivity index (χ1v) is 6.40. The Morgan fingerprint density at radius 1 is 1.17 bits per heavy atom. The van der Waals surface area contributed by atoms with Gasteiger partial charge in [-0.25, -0.2) is 0 Å². The Bertz CT molecular complexity index is 541. The molecule has 0 saturated carbocycles. The zero-order chi connectivity index (χ0) is 13.3. The smallest absolute Gasteiger partial charge is 0.248 e. The number of aromatic nitrogens is 2. The lowest BCUT2D eigenvalue weighted by Gasteiger charge is -2.21. The normalized spacial score (nSPS) is 13.6. The van der Waals surface area contributed by atoms with Crippen molar-refractivity contribution in [1.29, 1.82) is 0 Å². The molecule has 96 valence electrons. The maximum Gasteiger partial charge on any atom is 0.248 e. The standard InChI is InChI=1S/C14H17ClN2O/c1-9(15)12-16-17-13(18-12)10-7-5-6-8-11(10)14(2,3)4/h5-9H,1-4H3. The number of halogens is 1. The molecule has 0 fully saturated rings. The van der Waals surface area contributed by atoms with Crippen molar-refractivity contribution in [1.82, 2.24) is 10.2 Å². The molecule has 2 aromatic rings. The second-order valence-corrected chi connectivity index (χ2v) is 6.01. The Labute approximate surface area is 112 Å². The molecule has 0 aliphatic carbocycles. The van der Waals surface area contributed by atoms with Crippen LogP contribution in [0.3, 0.4) is 0 Å². The molecule has 0 radical (unpaired) electrons. The van der Waals surface area contributed by atoms with Crippen LogP contribution in [-0.2, 0) is 5.41 Å². The van der Waals surface area contributed by atoms with Gasteiger partial charge in [0.25, 0.3) is 0 Å². The second-order valence-electron chi connectivity index (χ2n) is 5.36. The van der Waals surface area contributed by atoms with E-state index in [1.54, 1.807) is 0 Å². The van der Waals surface area contributed by atoms with Crippen LogP contribution in [0.4, 0.5) is 0 Å². The summed E-state index contributed by atoms with van der Waals surface area (Å²) in [7, 11) is 0. The van der Waals surface area contributed by atoms with Gasteiger partial charge in [0.15, 0.2) is 0 Å². The van der Waals surface area contributed by atoms with Crippen LogP contribution < -0.4 is 0 Å². The molecule has 0 amide bonds. The largest absolute Gasteiger partial charge is 0.419 e. The predicted molar refractivity (Wildman–Crippen MR) is 72.7 cm³/mol. The summed E-state index contributed by atoms with van der Waals surface area (Å²) in [6.07, 6.45) is 0. The van der Waals surface area contributed by atoms with E-state index in [9.17, 15) is 0 Å². The highest BCUT2D eigenvalue weighted by Crippen LogP contribution is 2.33. The lowest BCUT2D eigenvalue weighted by Crippen LogP contribution is -2.12. The average molecular weight is 265 g/mol. The van der Waals surface area contributed by atoms with Crippen molar-refractivity contribution in [3.63, 3.8) is 0 Å². The van der Waals surface area contributed by atoms with Crippen molar-refractivity contribution < 1.29 is 4.42 Å². The molecule has 0 spiro atoms. The van der Waals surface area contributed by atoms with E-state index in [-0.39, 0.29) is 10.8 Å². The fourth-order valence-electron chi connectivity index (χ4n) is 1.83. The molecule has 0 aliphatic heterocycles. The number of benzene rings is 1. The van der Waals surface area contributed by atoms with E-state index in [4.69, 9.17) is 16.0 Å². The van der Waals surface area contributed by atoms with Crippen molar-refractivity contribution in [2.24, 2.45) is 0 Å². The highest BCUT2D eigenvalue weighted by atomic mass is 35.5. The molecule has 0 aliphatic rings. The summed E-state index contributed by atoms with van der Waals surface area (Å²) >= 11 is 5.94. The summed E-state index contributed by atoms with van der Waals surface area (Å²) in [4.78, 5) is 0. The molecule has 2 rings (SSSR count). The summed E-state index contributed by atoms with van der Waals surface area (Å²) in [5.74, 6) is 0.985. The summed E-state index contributed by atoms with van der Waals surface area (Å²) in [6, 6.07) is 8.07. The van der Waals surface area contributed by atoms with Gasteiger partial charge in [0.1, 0.15) is 5.38 Å². The Morgan fingerprint density at radius 3 is 2.39 bits per heavy atom. The Balaban J connectivity index is 2.50. The van der Waals surface area contributed by atoms with Gasteiger partial charge >= 0.3 is 0 Å². The number of rotatable bonds is 2. The van der Waals surface area contributed by atoms with Crippen LogP contribution in [0.5, 0.6) is 0 Å². The van der Waals surface area contributed by atoms with E-state index in [2.05, 4.69) is 37.0 Å². The van der Waals surface area contributed by atoms with Gasteiger partial charge in [-0.2, -0.15) is 0 Å². The van der Waals surface area contributed by atoms with E-state index < -0.39 is 0 Å². The lowest BCUT2D eigenvalue weighted by molar-refractivity contribution is 0.504. The molecule has 0 saturated heterocycles. The van der Waals surface area contributed by atoms with Crippen molar-refractivity contribution in [3.8, 4) is 11.5 Å². The molecule has 3 nitrogen and oxygen atoms in total. The van der Waals surface area contributed by atoms with Crippen LogP contribution in [-0.4, -0.2) is 10.2 Å². The minimum Gasteiger partial charge on any atom is -0.419 e. The quantitative estimate of drug-likeness (QED) is 0.758. The third-order valence-electron chi connectivity index (χ3n) is 2.75. The zero-order valence-electron chi connectivity index (χ0n) is 11.1. The van der Waals surface area contributed by atoms with E-state index in [1.807, 2.05) is 25.1 Å². The summed E-state index contributed by atoms with van der Waals surface area (Å²) in [5.41, 5.74) is 2.18. The maximum atomic E-state index is 5.94. The third kappa shape index (κ3) is 2.56. The minimum atomic E-state index is -0.270. The predicted octanol–water partition coefficient (Wildman–Crippen LogP) is 4.33. The number of alkyl halides is 1. The van der Waals surface area contributed by atoms with Crippen molar-refractivity contribution in [3.05, 3.63) is 35.7 Å². The molecular formula is C14H17ClN2O. The second kappa shape index (κ2) is 4.73. The number of nitrogens with zero attached hydrogens (tertiary/aromatic N) is 2. The third-order valence-corrected chi connectivity index (χ3v) is 2.93. The average Bonchev–Trinajstić information content (AvgIpc) is 2.77. The topological polar surface area (TPSA) is 38.9 Å². The van der Waals surface area contributed by atoms with E-state index in [1.165, 1.54) is 5.56 Å². The van der Waals surface area contributed by atoms with Crippen molar-refractivity contribution in [2.45, 2.75) is 38.5 Å². The van der Waals surface area contributed by atoms with E-state index in [0.29, 0.717) is 11.8 Å². The van der Waals surface area contributed by atoms with Gasteiger partial charge < -0.3 is 4.42 Å². The molecule has 0 N–H and O–H groups in total. The van der Waals surface area contributed by atoms with E-state index in [0.717, 1.165) is 5.56 Å². The van der Waals surface area contributed by atoms with Gasteiger partial charge in [0.05, 0.1) is 0 Å². The lowest BCUT2D eigenvalue weighted by atomic mass is 9.84. The number of hydrogen-bond donors (Lipinski definition) is 0. The van der Waals surface area contributed by atoms with Gasteiger partial charge in [-0.05, 0) is 24.0 Å². The highest BCUT2D eigenvalue weighted by Gasteiger charge is 2.21. The zero-order valence-corrected chi connectivity index (χ0v) is 11.8. The van der Waals surface area contributed by atoms with Crippen LogP contribution >= 0.6 is 11.6 Å². The fraction of sp³-hybridized carbons (Fsp3) is 0.429. The molecule has 0 bridgehead atoms. The SMILES string of the molecule is CC(Cl)c1nnc(-c2ccccc2C(C)(C)C)o1. The van der Waals surface area contributed by atoms with Crippen LogP contribution in [0.2, 0.25) is 0 Å². The molecule has 1 unspecified atom stereocenters. The molecule has 1 aromatic heterocycles. The van der Waals surface area contributed by atoms with E-state index >= 15 is 0 Å². The molecule has 18 heavy (non-hydrogen) atoms. The molecule has 1 heterocycles. The van der Waals surface area contributed by atoms with Crippen molar-refractivity contribution in [2.75, 3.05) is 0 Å². The van der Waals surface area contributed by atoms with Crippen LogP contribution in [0.25, 0.3) is 11.5 Å². The number of hydrogen-bond acceptors (Lipinski definition) is 3.